The van der Waals surface area contributed by atoms with Crippen LogP contribution in [0.15, 0.2) is 18.2 Å². The number of nitrogens with two attached hydrogens (primary N) is 1. The van der Waals surface area contributed by atoms with Gasteiger partial charge in [0.2, 0.25) is 0 Å². The Labute approximate surface area is 97.2 Å². The monoisotopic (exact) mass is 223 g/mol. The number of benzene rings is 1. The summed E-state index contributed by atoms with van der Waals surface area (Å²) >= 11 is 0. The molecule has 3 N–H and O–H groups in total. The quantitative estimate of drug-likeness (QED) is 0.768. The van der Waals surface area contributed by atoms with Crippen LogP contribution < -0.4 is 10.5 Å². The molecule has 1 aromatic rings. The maximum Gasteiger partial charge on any atom is 0.122 e. The van der Waals surface area contributed by atoms with Crippen LogP contribution in [0.4, 0.5) is 0 Å². The lowest BCUT2D eigenvalue weighted by Crippen LogP contribution is -2.20. The van der Waals surface area contributed by atoms with E-state index in [9.17, 15) is 0 Å². The lowest BCUT2D eigenvalue weighted by atomic mass is 9.98. The van der Waals surface area contributed by atoms with Crippen molar-refractivity contribution >= 4 is 0 Å². The van der Waals surface area contributed by atoms with Crippen LogP contribution in [-0.2, 0) is 6.42 Å². The molecule has 16 heavy (non-hydrogen) atoms. The first-order valence-electron chi connectivity index (χ1n) is 5.74. The zero-order valence-electron chi connectivity index (χ0n) is 10.1. The second-order valence-corrected chi connectivity index (χ2v) is 4.03. The maximum absolute atomic E-state index is 9.16. The van der Waals surface area contributed by atoms with Crippen LogP contribution in [0.25, 0.3) is 0 Å². The molecular weight excluding hydrogens is 202 g/mol. The molecule has 0 saturated heterocycles. The van der Waals surface area contributed by atoms with Gasteiger partial charge >= 0.3 is 0 Å². The van der Waals surface area contributed by atoms with E-state index >= 15 is 0 Å². The Kier molecular flexibility index (Phi) is 5.29. The molecule has 0 aliphatic rings. The molecule has 0 heterocycles. The molecule has 3 nitrogen and oxygen atoms in total. The highest BCUT2D eigenvalue weighted by Gasteiger charge is 2.10. The SMILES string of the molecule is CCOc1ccc(C)cc1CC(CN)CO. The molecule has 0 aliphatic heterocycles. The average molecular weight is 223 g/mol. The lowest BCUT2D eigenvalue weighted by molar-refractivity contribution is 0.228. The normalized spacial score (nSPS) is 12.5. The fourth-order valence-corrected chi connectivity index (χ4v) is 1.70. The number of aryl methyl sites for hydroxylation is 1. The van der Waals surface area contributed by atoms with Crippen LogP contribution in [0.5, 0.6) is 5.75 Å². The third kappa shape index (κ3) is 3.51. The van der Waals surface area contributed by atoms with Gasteiger partial charge in [0, 0.05) is 6.61 Å². The van der Waals surface area contributed by atoms with E-state index < -0.39 is 0 Å². The zero-order valence-corrected chi connectivity index (χ0v) is 10.1. The second kappa shape index (κ2) is 6.51. The molecule has 0 fully saturated rings. The topological polar surface area (TPSA) is 55.5 Å². The van der Waals surface area contributed by atoms with Crippen molar-refractivity contribution < 1.29 is 9.84 Å². The van der Waals surface area contributed by atoms with Crippen molar-refractivity contribution in [3.05, 3.63) is 29.3 Å². The van der Waals surface area contributed by atoms with Crippen molar-refractivity contribution in [2.75, 3.05) is 19.8 Å². The number of rotatable bonds is 6. The molecular formula is C13H21NO2. The van der Waals surface area contributed by atoms with Gasteiger partial charge in [-0.25, -0.2) is 0 Å². The van der Waals surface area contributed by atoms with Crippen molar-refractivity contribution in [2.24, 2.45) is 11.7 Å². The summed E-state index contributed by atoms with van der Waals surface area (Å²) in [6, 6.07) is 6.12. The summed E-state index contributed by atoms with van der Waals surface area (Å²) in [6.45, 7) is 5.29. The van der Waals surface area contributed by atoms with Crippen molar-refractivity contribution in [3.63, 3.8) is 0 Å². The Morgan fingerprint density at radius 1 is 1.44 bits per heavy atom. The van der Waals surface area contributed by atoms with Crippen molar-refractivity contribution in [2.45, 2.75) is 20.3 Å². The molecule has 1 aromatic carbocycles. The summed E-state index contributed by atoms with van der Waals surface area (Å²) in [5.74, 6) is 1.01. The summed E-state index contributed by atoms with van der Waals surface area (Å²) in [5.41, 5.74) is 7.92. The predicted octanol–water partition coefficient (Wildman–Crippen LogP) is 1.50. The van der Waals surface area contributed by atoms with E-state index in [2.05, 4.69) is 13.0 Å². The van der Waals surface area contributed by atoms with Crippen LogP contribution in [0.1, 0.15) is 18.1 Å². The zero-order chi connectivity index (χ0) is 12.0. The third-order valence-corrected chi connectivity index (χ3v) is 2.62. The standard InChI is InChI=1S/C13H21NO2/c1-3-16-13-5-4-10(2)6-12(13)7-11(8-14)9-15/h4-6,11,15H,3,7-9,14H2,1-2H3. The average Bonchev–Trinajstić information content (AvgIpc) is 2.29. The molecule has 0 amide bonds. The summed E-state index contributed by atoms with van der Waals surface area (Å²) in [5, 5.41) is 9.16. The molecule has 0 aromatic heterocycles. The van der Waals surface area contributed by atoms with Gasteiger partial charge in [0.25, 0.3) is 0 Å². The van der Waals surface area contributed by atoms with Gasteiger partial charge in [-0.1, -0.05) is 17.7 Å². The molecule has 0 saturated carbocycles. The Bertz CT molecular complexity index is 322. The van der Waals surface area contributed by atoms with E-state index in [1.54, 1.807) is 0 Å². The second-order valence-electron chi connectivity index (χ2n) is 4.03. The largest absolute Gasteiger partial charge is 0.494 e. The minimum Gasteiger partial charge on any atom is -0.494 e. The molecule has 1 unspecified atom stereocenters. The Hall–Kier alpha value is -1.06. The molecule has 3 heteroatoms. The van der Waals surface area contributed by atoms with E-state index in [1.807, 2.05) is 19.1 Å². The summed E-state index contributed by atoms with van der Waals surface area (Å²) < 4.78 is 5.56. The maximum atomic E-state index is 9.16. The van der Waals surface area contributed by atoms with Gasteiger partial charge in [-0.15, -0.1) is 0 Å². The highest BCUT2D eigenvalue weighted by atomic mass is 16.5. The first kappa shape index (κ1) is 13.0. The number of ether oxygens (including phenoxy) is 1. The van der Waals surface area contributed by atoms with Gasteiger partial charge < -0.3 is 15.6 Å². The first-order valence-corrected chi connectivity index (χ1v) is 5.74. The lowest BCUT2D eigenvalue weighted by Gasteiger charge is -2.15. The number of hydrogen-bond donors (Lipinski definition) is 2. The van der Waals surface area contributed by atoms with Crippen molar-refractivity contribution in [1.29, 1.82) is 0 Å². The van der Waals surface area contributed by atoms with Gasteiger partial charge in [-0.05, 0) is 44.4 Å². The molecule has 0 aliphatic carbocycles. The van der Waals surface area contributed by atoms with Crippen molar-refractivity contribution in [3.8, 4) is 5.75 Å². The first-order chi connectivity index (χ1) is 7.71. The van der Waals surface area contributed by atoms with Crippen LogP contribution in [-0.4, -0.2) is 24.9 Å². The number of aliphatic hydroxyl groups is 1. The van der Waals surface area contributed by atoms with Gasteiger partial charge in [0.15, 0.2) is 0 Å². The summed E-state index contributed by atoms with van der Waals surface area (Å²) in [7, 11) is 0. The summed E-state index contributed by atoms with van der Waals surface area (Å²) in [4.78, 5) is 0. The molecule has 90 valence electrons. The van der Waals surface area contributed by atoms with Crippen LogP contribution >= 0.6 is 0 Å². The van der Waals surface area contributed by atoms with Gasteiger partial charge in [0.1, 0.15) is 5.75 Å². The fourth-order valence-electron chi connectivity index (χ4n) is 1.70. The molecule has 1 atom stereocenters. The molecule has 0 bridgehead atoms. The van der Waals surface area contributed by atoms with E-state index in [0.717, 1.165) is 17.7 Å². The third-order valence-electron chi connectivity index (χ3n) is 2.62. The Morgan fingerprint density at radius 2 is 2.19 bits per heavy atom. The molecule has 0 radical (unpaired) electrons. The van der Waals surface area contributed by atoms with Crippen molar-refractivity contribution in [1.82, 2.24) is 0 Å². The van der Waals surface area contributed by atoms with Gasteiger partial charge in [-0.3, -0.25) is 0 Å². The highest BCUT2D eigenvalue weighted by Crippen LogP contribution is 2.22. The summed E-state index contributed by atoms with van der Waals surface area (Å²) in [6.07, 6.45) is 0.768. The minimum absolute atomic E-state index is 0.112. The predicted molar refractivity (Wildman–Crippen MR) is 65.7 cm³/mol. The van der Waals surface area contributed by atoms with E-state index in [0.29, 0.717) is 13.2 Å². The Morgan fingerprint density at radius 3 is 2.75 bits per heavy atom. The Balaban J connectivity index is 2.86. The van der Waals surface area contributed by atoms with Crippen LogP contribution in [0, 0.1) is 12.8 Å². The number of hydrogen-bond acceptors (Lipinski definition) is 3. The molecule has 1 rings (SSSR count). The smallest absolute Gasteiger partial charge is 0.122 e. The fraction of sp³-hybridized carbons (Fsp3) is 0.538. The van der Waals surface area contributed by atoms with Gasteiger partial charge in [-0.2, -0.15) is 0 Å². The number of aliphatic hydroxyl groups excluding tert-OH is 1. The van der Waals surface area contributed by atoms with Crippen LogP contribution in [0.2, 0.25) is 0 Å². The van der Waals surface area contributed by atoms with Crippen LogP contribution in [0.3, 0.4) is 0 Å². The van der Waals surface area contributed by atoms with E-state index in [1.165, 1.54) is 5.56 Å². The van der Waals surface area contributed by atoms with E-state index in [4.69, 9.17) is 15.6 Å². The minimum atomic E-state index is 0.112. The molecule has 0 spiro atoms. The van der Waals surface area contributed by atoms with E-state index in [-0.39, 0.29) is 12.5 Å². The van der Waals surface area contributed by atoms with Gasteiger partial charge in [0.05, 0.1) is 6.61 Å². The highest BCUT2D eigenvalue weighted by molar-refractivity contribution is 5.37.